The number of aryl methyl sites for hydroxylation is 1. The van der Waals surface area contributed by atoms with Gasteiger partial charge in [-0.2, -0.15) is 0 Å². The quantitative estimate of drug-likeness (QED) is 0.849. The Morgan fingerprint density at radius 2 is 1.87 bits per heavy atom. The van der Waals surface area contributed by atoms with Gasteiger partial charge in [0.05, 0.1) is 13.8 Å². The Kier molecular flexibility index (Phi) is 4.99. The Morgan fingerprint density at radius 1 is 1.07 bits per heavy atom. The molecule has 0 bridgehead atoms. The maximum Gasteiger partial charge on any atom is 0.247 e. The number of nitrogens with zero attached hydrogens (tertiary/aromatic N) is 2. The van der Waals surface area contributed by atoms with Gasteiger partial charge in [-0.1, -0.05) is 35.9 Å². The second-order valence-electron chi connectivity index (χ2n) is 8.60. The summed E-state index contributed by atoms with van der Waals surface area (Å²) in [6.07, 6.45) is 6.25. The highest BCUT2D eigenvalue weighted by atomic mass is 16.5. The molecule has 156 valence electrons. The zero-order valence-electron chi connectivity index (χ0n) is 17.6. The van der Waals surface area contributed by atoms with Gasteiger partial charge in [-0.15, -0.1) is 0 Å². The molecule has 1 amide bonds. The van der Waals surface area contributed by atoms with Gasteiger partial charge in [0.15, 0.2) is 0 Å². The van der Waals surface area contributed by atoms with Gasteiger partial charge in [0.25, 0.3) is 0 Å². The Balaban J connectivity index is 1.27. The minimum atomic E-state index is -0.401. The molecule has 0 unspecified atom stereocenters. The van der Waals surface area contributed by atoms with Crippen LogP contribution < -0.4 is 15.0 Å². The van der Waals surface area contributed by atoms with Crippen molar-refractivity contribution in [2.24, 2.45) is 0 Å². The first-order chi connectivity index (χ1) is 14.7. The molecule has 2 fully saturated rings. The van der Waals surface area contributed by atoms with Crippen molar-refractivity contribution < 1.29 is 9.53 Å². The molecule has 1 spiro atoms. The highest BCUT2D eigenvalue weighted by Gasteiger charge is 2.50. The Bertz CT molecular complexity index is 962. The van der Waals surface area contributed by atoms with E-state index in [9.17, 15) is 4.79 Å². The predicted octanol–water partition coefficient (Wildman–Crippen LogP) is 3.45. The zero-order chi connectivity index (χ0) is 20.6. The third kappa shape index (κ3) is 3.37. The summed E-state index contributed by atoms with van der Waals surface area (Å²) in [6, 6.07) is 16.7. The first kappa shape index (κ1) is 19.2. The number of fused-ring (bicyclic) bond motifs is 1. The lowest BCUT2D eigenvalue weighted by atomic mass is 9.85. The molecule has 2 aromatic rings. The van der Waals surface area contributed by atoms with E-state index in [1.165, 1.54) is 16.7 Å². The molecule has 30 heavy (non-hydrogen) atoms. The van der Waals surface area contributed by atoms with E-state index in [0.717, 1.165) is 56.8 Å². The van der Waals surface area contributed by atoms with Crippen molar-refractivity contribution >= 4 is 17.7 Å². The molecule has 0 saturated carbocycles. The number of ether oxygens (including phenoxy) is 1. The average molecular weight is 404 g/mol. The fourth-order valence-corrected chi connectivity index (χ4v) is 5.18. The number of hydrogen-bond donors (Lipinski definition) is 1. The minimum Gasteiger partial charge on any atom is -0.497 e. The Morgan fingerprint density at radius 3 is 2.63 bits per heavy atom. The number of hydrogen-bond acceptors (Lipinski definition) is 4. The molecule has 5 heteroatoms. The molecule has 2 aliphatic heterocycles. The topological polar surface area (TPSA) is 44.8 Å². The van der Waals surface area contributed by atoms with Crippen LogP contribution in [0.1, 0.15) is 30.4 Å². The number of methoxy groups -OCH3 is 1. The van der Waals surface area contributed by atoms with Crippen LogP contribution in [-0.4, -0.2) is 49.8 Å². The van der Waals surface area contributed by atoms with Crippen LogP contribution >= 0.6 is 0 Å². The van der Waals surface area contributed by atoms with Gasteiger partial charge in [-0.05, 0) is 61.1 Å². The summed E-state index contributed by atoms with van der Waals surface area (Å²) in [5.74, 6) is 1.12. The molecule has 5 rings (SSSR count). The smallest absolute Gasteiger partial charge is 0.247 e. The molecule has 2 saturated heterocycles. The van der Waals surface area contributed by atoms with Gasteiger partial charge in [0.2, 0.25) is 5.91 Å². The highest BCUT2D eigenvalue weighted by molar-refractivity contribution is 5.93. The predicted molar refractivity (Wildman–Crippen MR) is 120 cm³/mol. The molecular formula is C25H29N3O2. The van der Waals surface area contributed by atoms with Crippen LogP contribution in [0.25, 0.3) is 6.08 Å². The first-order valence-corrected chi connectivity index (χ1v) is 10.9. The molecule has 0 radical (unpaired) electrons. The van der Waals surface area contributed by atoms with Crippen molar-refractivity contribution in [1.82, 2.24) is 10.2 Å². The van der Waals surface area contributed by atoms with Crippen LogP contribution in [0.5, 0.6) is 5.75 Å². The lowest BCUT2D eigenvalue weighted by Gasteiger charge is -2.43. The van der Waals surface area contributed by atoms with Crippen molar-refractivity contribution in [2.75, 3.05) is 38.3 Å². The minimum absolute atomic E-state index is 0.186. The lowest BCUT2D eigenvalue weighted by molar-refractivity contribution is -0.125. The number of likely N-dealkylation sites (tertiary alicyclic amines) is 1. The third-order valence-corrected chi connectivity index (χ3v) is 6.94. The van der Waals surface area contributed by atoms with E-state index in [2.05, 4.69) is 45.5 Å². The number of piperidine rings is 1. The summed E-state index contributed by atoms with van der Waals surface area (Å²) >= 11 is 0. The van der Waals surface area contributed by atoms with E-state index in [-0.39, 0.29) is 5.91 Å². The molecule has 0 aromatic heterocycles. The van der Waals surface area contributed by atoms with Gasteiger partial charge in [0, 0.05) is 25.3 Å². The largest absolute Gasteiger partial charge is 0.497 e. The lowest BCUT2D eigenvalue weighted by Crippen LogP contribution is -2.56. The molecule has 1 N–H and O–H groups in total. The molecule has 2 heterocycles. The first-order valence-electron chi connectivity index (χ1n) is 10.9. The van der Waals surface area contributed by atoms with Crippen molar-refractivity contribution in [1.29, 1.82) is 0 Å². The van der Waals surface area contributed by atoms with E-state index >= 15 is 0 Å². The normalized spacial score (nSPS) is 20.6. The Labute approximate surface area is 178 Å². The Hall–Kier alpha value is -2.79. The van der Waals surface area contributed by atoms with Gasteiger partial charge in [-0.25, -0.2) is 0 Å². The summed E-state index contributed by atoms with van der Waals surface area (Å²) in [5.41, 5.74) is 4.90. The monoisotopic (exact) mass is 403 g/mol. The van der Waals surface area contributed by atoms with Crippen molar-refractivity contribution in [2.45, 2.75) is 31.2 Å². The summed E-state index contributed by atoms with van der Waals surface area (Å²) in [4.78, 5) is 17.6. The van der Waals surface area contributed by atoms with Gasteiger partial charge < -0.3 is 15.0 Å². The molecule has 5 nitrogen and oxygen atoms in total. The number of anilines is 1. The summed E-state index contributed by atoms with van der Waals surface area (Å²) in [5, 5.41) is 3.09. The third-order valence-electron chi connectivity index (χ3n) is 6.94. The van der Waals surface area contributed by atoms with Crippen LogP contribution in [0.2, 0.25) is 0 Å². The van der Waals surface area contributed by atoms with Crippen LogP contribution in [0, 0.1) is 0 Å². The molecule has 0 atom stereocenters. The van der Waals surface area contributed by atoms with E-state index in [1.54, 1.807) is 7.11 Å². The van der Waals surface area contributed by atoms with Crippen molar-refractivity contribution in [3.05, 3.63) is 65.2 Å². The van der Waals surface area contributed by atoms with Gasteiger partial charge >= 0.3 is 0 Å². The summed E-state index contributed by atoms with van der Waals surface area (Å²) in [7, 11) is 1.72. The van der Waals surface area contributed by atoms with E-state index in [4.69, 9.17) is 4.74 Å². The van der Waals surface area contributed by atoms with E-state index < -0.39 is 5.54 Å². The zero-order valence-corrected chi connectivity index (χ0v) is 17.6. The highest BCUT2D eigenvalue weighted by Crippen LogP contribution is 2.37. The number of benzene rings is 2. The van der Waals surface area contributed by atoms with Crippen molar-refractivity contribution in [3.63, 3.8) is 0 Å². The maximum absolute atomic E-state index is 12.8. The molecule has 1 aliphatic carbocycles. The van der Waals surface area contributed by atoms with Crippen molar-refractivity contribution in [3.8, 4) is 5.75 Å². The number of para-hydroxylation sites is 1. The van der Waals surface area contributed by atoms with Crippen LogP contribution in [-0.2, 0) is 11.2 Å². The SMILES string of the molecule is COc1ccc2c(c1)CCC(CN1CCC3(CC1)C(=O)NCN3c1ccccc1)=C2. The van der Waals surface area contributed by atoms with Crippen LogP contribution in [0.4, 0.5) is 5.69 Å². The fourth-order valence-electron chi connectivity index (χ4n) is 5.18. The number of amides is 1. The molecule has 3 aliphatic rings. The maximum atomic E-state index is 12.8. The number of carbonyl (C=O) groups excluding carboxylic acids is 1. The standard InChI is InChI=1S/C25H29N3O2/c1-30-23-10-9-20-15-19(7-8-21(20)16-23)17-27-13-11-25(12-14-27)24(29)26-18-28(25)22-5-3-2-4-6-22/h2-6,9-10,15-16H,7-8,11-14,17-18H2,1H3,(H,26,29). The summed E-state index contributed by atoms with van der Waals surface area (Å²) < 4.78 is 5.36. The molecular weight excluding hydrogens is 374 g/mol. The number of rotatable bonds is 4. The van der Waals surface area contributed by atoms with E-state index in [0.29, 0.717) is 6.67 Å². The second-order valence-corrected chi connectivity index (χ2v) is 8.60. The van der Waals surface area contributed by atoms with Gasteiger partial charge in [0.1, 0.15) is 11.3 Å². The van der Waals surface area contributed by atoms with Gasteiger partial charge in [-0.3, -0.25) is 9.69 Å². The number of nitrogens with one attached hydrogen (secondary N) is 1. The summed E-state index contributed by atoms with van der Waals surface area (Å²) in [6.45, 7) is 3.50. The van der Waals surface area contributed by atoms with Crippen LogP contribution in [0.15, 0.2) is 54.1 Å². The fraction of sp³-hybridized carbons (Fsp3) is 0.400. The van der Waals surface area contributed by atoms with E-state index in [1.807, 2.05) is 24.3 Å². The van der Waals surface area contributed by atoms with Crippen LogP contribution in [0.3, 0.4) is 0 Å². The second kappa shape index (κ2) is 7.80. The number of carbonyl (C=O) groups is 1. The molecule has 2 aromatic carbocycles. The average Bonchev–Trinajstić information content (AvgIpc) is 3.11.